The molecule has 0 aliphatic carbocycles. The summed E-state index contributed by atoms with van der Waals surface area (Å²) in [6.07, 6.45) is 1.45. The summed E-state index contributed by atoms with van der Waals surface area (Å²) in [5.41, 5.74) is 12.0. The van der Waals surface area contributed by atoms with Gasteiger partial charge < -0.3 is 21.2 Å². The van der Waals surface area contributed by atoms with Gasteiger partial charge in [-0.3, -0.25) is 4.79 Å². The summed E-state index contributed by atoms with van der Waals surface area (Å²) in [5, 5.41) is 0. The summed E-state index contributed by atoms with van der Waals surface area (Å²) >= 11 is 0. The van der Waals surface area contributed by atoms with Crippen molar-refractivity contribution in [2.45, 2.75) is 0 Å². The van der Waals surface area contributed by atoms with E-state index in [-0.39, 0.29) is 23.1 Å². The fourth-order valence-corrected chi connectivity index (χ4v) is 1.76. The fraction of sp³-hybridized carbons (Fsp3) is 0. The first-order valence-corrected chi connectivity index (χ1v) is 5.68. The number of anilines is 1. The maximum Gasteiger partial charge on any atom is 0.252 e. The number of nitrogens with one attached hydrogen (secondary N) is 1. The number of hydrogen-bond donors (Lipinski definition) is 3. The number of para-hydroxylation sites is 1. The highest BCUT2D eigenvalue weighted by Gasteiger charge is 2.14. The lowest BCUT2D eigenvalue weighted by Crippen LogP contribution is -2.12. The van der Waals surface area contributed by atoms with Crippen LogP contribution in [0.2, 0.25) is 0 Å². The number of fused-ring (bicyclic) bond motifs is 1. The molecule has 100 valence electrons. The van der Waals surface area contributed by atoms with Crippen LogP contribution in [-0.2, 0) is 0 Å². The Morgan fingerprint density at radius 2 is 2.05 bits per heavy atom. The molecular formula is C12H10N6O2. The molecule has 0 aliphatic heterocycles. The number of aromatic amines is 1. The highest BCUT2D eigenvalue weighted by molar-refractivity contribution is 5.95. The summed E-state index contributed by atoms with van der Waals surface area (Å²) in [6.45, 7) is 0. The topological polar surface area (TPSA) is 133 Å². The first-order valence-electron chi connectivity index (χ1n) is 5.68. The molecule has 0 bridgehead atoms. The van der Waals surface area contributed by atoms with Crippen LogP contribution in [0.3, 0.4) is 0 Å². The molecular weight excluding hydrogens is 260 g/mol. The number of carbonyl (C=O) groups excluding carboxylic acids is 1. The SMILES string of the molecule is NC(=O)c1ccccc1Oc1nc(N)nc2nc[nH]c12. The van der Waals surface area contributed by atoms with Gasteiger partial charge in [-0.25, -0.2) is 4.98 Å². The zero-order chi connectivity index (χ0) is 14.1. The van der Waals surface area contributed by atoms with Gasteiger partial charge in [0.25, 0.3) is 11.8 Å². The van der Waals surface area contributed by atoms with Crippen molar-refractivity contribution in [3.05, 3.63) is 36.2 Å². The number of amides is 1. The van der Waals surface area contributed by atoms with E-state index in [1.54, 1.807) is 24.3 Å². The van der Waals surface area contributed by atoms with Crippen molar-refractivity contribution >= 4 is 23.0 Å². The highest BCUT2D eigenvalue weighted by atomic mass is 16.5. The average molecular weight is 270 g/mol. The molecule has 0 atom stereocenters. The number of benzene rings is 1. The van der Waals surface area contributed by atoms with Crippen molar-refractivity contribution < 1.29 is 9.53 Å². The van der Waals surface area contributed by atoms with Gasteiger partial charge in [-0.05, 0) is 12.1 Å². The molecule has 0 fully saturated rings. The molecule has 2 aromatic heterocycles. The van der Waals surface area contributed by atoms with Crippen LogP contribution >= 0.6 is 0 Å². The molecule has 0 spiro atoms. The summed E-state index contributed by atoms with van der Waals surface area (Å²) < 4.78 is 5.62. The van der Waals surface area contributed by atoms with Crippen LogP contribution in [0.1, 0.15) is 10.4 Å². The molecule has 0 saturated carbocycles. The van der Waals surface area contributed by atoms with Crippen molar-refractivity contribution in [3.8, 4) is 11.6 Å². The third-order valence-corrected chi connectivity index (χ3v) is 2.63. The second-order valence-electron chi connectivity index (χ2n) is 3.95. The Balaban J connectivity index is 2.10. The average Bonchev–Trinajstić information content (AvgIpc) is 2.87. The molecule has 0 radical (unpaired) electrons. The minimum Gasteiger partial charge on any atom is -0.436 e. The van der Waals surface area contributed by atoms with E-state index in [2.05, 4.69) is 19.9 Å². The maximum atomic E-state index is 11.4. The van der Waals surface area contributed by atoms with Gasteiger partial charge in [-0.2, -0.15) is 9.97 Å². The minimum atomic E-state index is -0.594. The second kappa shape index (κ2) is 4.50. The number of nitrogens with two attached hydrogens (primary N) is 2. The Bertz CT molecular complexity index is 797. The Kier molecular flexibility index (Phi) is 2.68. The van der Waals surface area contributed by atoms with E-state index >= 15 is 0 Å². The van der Waals surface area contributed by atoms with E-state index in [4.69, 9.17) is 16.2 Å². The van der Waals surface area contributed by atoms with Gasteiger partial charge in [0, 0.05) is 0 Å². The van der Waals surface area contributed by atoms with Crippen LogP contribution in [0, 0.1) is 0 Å². The van der Waals surface area contributed by atoms with Gasteiger partial charge in [0.2, 0.25) is 5.95 Å². The predicted molar refractivity (Wildman–Crippen MR) is 71.1 cm³/mol. The van der Waals surface area contributed by atoms with Crippen molar-refractivity contribution in [3.63, 3.8) is 0 Å². The molecule has 3 aromatic rings. The lowest BCUT2D eigenvalue weighted by Gasteiger charge is -2.08. The molecule has 0 aliphatic rings. The van der Waals surface area contributed by atoms with E-state index in [0.717, 1.165) is 0 Å². The van der Waals surface area contributed by atoms with Crippen LogP contribution in [0.5, 0.6) is 11.6 Å². The number of carbonyl (C=O) groups is 1. The zero-order valence-corrected chi connectivity index (χ0v) is 10.2. The van der Waals surface area contributed by atoms with Gasteiger partial charge in [0.1, 0.15) is 11.3 Å². The molecule has 5 N–H and O–H groups in total. The van der Waals surface area contributed by atoms with Crippen molar-refractivity contribution in [2.75, 3.05) is 5.73 Å². The van der Waals surface area contributed by atoms with Crippen molar-refractivity contribution in [2.24, 2.45) is 5.73 Å². The first kappa shape index (κ1) is 11.9. The Morgan fingerprint density at radius 1 is 1.25 bits per heavy atom. The quantitative estimate of drug-likeness (QED) is 0.645. The lowest BCUT2D eigenvalue weighted by molar-refractivity contribution is 0.0998. The summed E-state index contributed by atoms with van der Waals surface area (Å²) in [6, 6.07) is 6.58. The predicted octanol–water partition coefficient (Wildman–Crippen LogP) is 0.826. The summed E-state index contributed by atoms with van der Waals surface area (Å²) in [4.78, 5) is 26.1. The van der Waals surface area contributed by atoms with Crippen LogP contribution < -0.4 is 16.2 Å². The third kappa shape index (κ3) is 1.99. The van der Waals surface area contributed by atoms with Crippen LogP contribution in [0.4, 0.5) is 5.95 Å². The van der Waals surface area contributed by atoms with Gasteiger partial charge in [0.15, 0.2) is 5.65 Å². The summed E-state index contributed by atoms with van der Waals surface area (Å²) in [5.74, 6) is -0.104. The lowest BCUT2D eigenvalue weighted by atomic mass is 10.2. The number of H-pyrrole nitrogens is 1. The first-order chi connectivity index (χ1) is 9.65. The number of imidazole rings is 1. The number of nitrogens with zero attached hydrogens (tertiary/aromatic N) is 3. The van der Waals surface area contributed by atoms with E-state index in [0.29, 0.717) is 11.2 Å². The third-order valence-electron chi connectivity index (χ3n) is 2.63. The molecule has 1 amide bonds. The largest absolute Gasteiger partial charge is 0.436 e. The van der Waals surface area contributed by atoms with Crippen molar-refractivity contribution in [1.82, 2.24) is 19.9 Å². The van der Waals surface area contributed by atoms with Gasteiger partial charge in [-0.15, -0.1) is 0 Å². The number of primary amides is 1. The number of ether oxygens (including phenoxy) is 1. The van der Waals surface area contributed by atoms with E-state index in [1.807, 2.05) is 0 Å². The molecule has 8 nitrogen and oxygen atoms in total. The molecule has 20 heavy (non-hydrogen) atoms. The molecule has 0 saturated heterocycles. The van der Waals surface area contributed by atoms with E-state index in [9.17, 15) is 4.79 Å². The van der Waals surface area contributed by atoms with E-state index in [1.165, 1.54) is 6.33 Å². The Morgan fingerprint density at radius 3 is 2.85 bits per heavy atom. The second-order valence-corrected chi connectivity index (χ2v) is 3.95. The highest BCUT2D eigenvalue weighted by Crippen LogP contribution is 2.28. The molecule has 2 heterocycles. The normalized spacial score (nSPS) is 10.6. The number of aromatic nitrogens is 4. The number of hydrogen-bond acceptors (Lipinski definition) is 6. The molecule has 8 heteroatoms. The fourth-order valence-electron chi connectivity index (χ4n) is 1.76. The van der Waals surface area contributed by atoms with Crippen molar-refractivity contribution in [1.29, 1.82) is 0 Å². The van der Waals surface area contributed by atoms with Crippen LogP contribution in [-0.4, -0.2) is 25.8 Å². The van der Waals surface area contributed by atoms with Gasteiger partial charge in [0.05, 0.1) is 11.9 Å². The van der Waals surface area contributed by atoms with E-state index < -0.39 is 5.91 Å². The minimum absolute atomic E-state index is 0.0242. The monoisotopic (exact) mass is 270 g/mol. The van der Waals surface area contributed by atoms with Gasteiger partial charge in [-0.1, -0.05) is 12.1 Å². The Hall–Kier alpha value is -3.16. The smallest absolute Gasteiger partial charge is 0.252 e. The zero-order valence-electron chi connectivity index (χ0n) is 10.2. The summed E-state index contributed by atoms with van der Waals surface area (Å²) in [7, 11) is 0. The standard InChI is InChI=1S/C12H10N6O2/c13-9(19)6-3-1-2-4-7(6)20-11-8-10(16-5-15-8)17-12(14)18-11/h1-5H,(H2,13,19)(H3,14,15,16,17,18). The molecule has 1 aromatic carbocycles. The number of nitrogen functional groups attached to an aromatic ring is 1. The number of rotatable bonds is 3. The Labute approximate surface area is 112 Å². The van der Waals surface area contributed by atoms with Crippen LogP contribution in [0.25, 0.3) is 11.2 Å². The molecule has 0 unspecified atom stereocenters. The van der Waals surface area contributed by atoms with Gasteiger partial charge >= 0.3 is 0 Å². The molecule has 3 rings (SSSR count). The van der Waals surface area contributed by atoms with Crippen LogP contribution in [0.15, 0.2) is 30.6 Å². The maximum absolute atomic E-state index is 11.4.